The molecular weight excluding hydrogens is 230 g/mol. The van der Waals surface area contributed by atoms with E-state index < -0.39 is 11.7 Å². The SMILES string of the molecule is Cc1ccc(/C(F)=C(\F)c2ccc(C)cc2)cc1. The Hall–Kier alpha value is -1.96. The summed E-state index contributed by atoms with van der Waals surface area (Å²) >= 11 is 0. The number of aryl methyl sites for hydroxylation is 2. The standard InChI is InChI=1S/C16H14F2/c1-11-3-7-13(8-4-11)15(17)16(18)14-9-5-12(2)6-10-14/h3-10H,1-2H3/b16-15+. The number of benzene rings is 2. The molecule has 0 unspecified atom stereocenters. The summed E-state index contributed by atoms with van der Waals surface area (Å²) in [5.74, 6) is -1.64. The Kier molecular flexibility index (Phi) is 3.56. The molecule has 0 aromatic heterocycles. The first kappa shape index (κ1) is 12.5. The maximum atomic E-state index is 14.0. The molecule has 0 nitrogen and oxygen atoms in total. The van der Waals surface area contributed by atoms with Crippen molar-refractivity contribution in [3.8, 4) is 0 Å². The first-order valence-corrected chi connectivity index (χ1v) is 5.77. The summed E-state index contributed by atoms with van der Waals surface area (Å²) in [7, 11) is 0. The Labute approximate surface area is 106 Å². The highest BCUT2D eigenvalue weighted by Gasteiger charge is 2.10. The van der Waals surface area contributed by atoms with E-state index >= 15 is 0 Å². The van der Waals surface area contributed by atoms with Crippen LogP contribution in [0.2, 0.25) is 0 Å². The summed E-state index contributed by atoms with van der Waals surface area (Å²) < 4.78 is 27.9. The Morgan fingerprint density at radius 3 is 1.17 bits per heavy atom. The van der Waals surface area contributed by atoms with Crippen molar-refractivity contribution in [3.05, 3.63) is 70.8 Å². The van der Waals surface area contributed by atoms with E-state index in [-0.39, 0.29) is 11.1 Å². The topological polar surface area (TPSA) is 0 Å². The quantitative estimate of drug-likeness (QED) is 0.647. The average Bonchev–Trinajstić information content (AvgIpc) is 2.39. The Balaban J connectivity index is 2.40. The van der Waals surface area contributed by atoms with Gasteiger partial charge in [0.25, 0.3) is 0 Å². The number of hydrogen-bond donors (Lipinski definition) is 0. The molecule has 0 radical (unpaired) electrons. The molecule has 0 saturated carbocycles. The molecule has 92 valence electrons. The zero-order valence-electron chi connectivity index (χ0n) is 10.4. The summed E-state index contributed by atoms with van der Waals surface area (Å²) in [5.41, 5.74) is 2.56. The maximum Gasteiger partial charge on any atom is 0.166 e. The van der Waals surface area contributed by atoms with Crippen molar-refractivity contribution in [2.45, 2.75) is 13.8 Å². The average molecular weight is 244 g/mol. The van der Waals surface area contributed by atoms with Gasteiger partial charge in [-0.3, -0.25) is 0 Å². The van der Waals surface area contributed by atoms with Crippen molar-refractivity contribution in [1.82, 2.24) is 0 Å². The summed E-state index contributed by atoms with van der Waals surface area (Å²) in [6, 6.07) is 13.4. The van der Waals surface area contributed by atoms with E-state index in [1.807, 2.05) is 13.8 Å². The van der Waals surface area contributed by atoms with Crippen molar-refractivity contribution >= 4 is 11.7 Å². The number of hydrogen-bond acceptors (Lipinski definition) is 0. The second-order valence-electron chi connectivity index (χ2n) is 4.36. The first-order chi connectivity index (χ1) is 8.58. The van der Waals surface area contributed by atoms with Crippen LogP contribution in [-0.2, 0) is 0 Å². The van der Waals surface area contributed by atoms with E-state index in [0.29, 0.717) is 0 Å². The highest BCUT2D eigenvalue weighted by Crippen LogP contribution is 2.28. The summed E-state index contributed by atoms with van der Waals surface area (Å²) in [6.07, 6.45) is 0. The molecule has 2 aromatic rings. The fraction of sp³-hybridized carbons (Fsp3) is 0.125. The van der Waals surface area contributed by atoms with Crippen molar-refractivity contribution in [3.63, 3.8) is 0 Å². The third-order valence-corrected chi connectivity index (χ3v) is 2.80. The van der Waals surface area contributed by atoms with Gasteiger partial charge in [0.15, 0.2) is 11.7 Å². The summed E-state index contributed by atoms with van der Waals surface area (Å²) in [4.78, 5) is 0. The normalized spacial score (nSPS) is 12.2. The molecule has 0 N–H and O–H groups in total. The second-order valence-corrected chi connectivity index (χ2v) is 4.36. The Bertz CT molecular complexity index is 510. The maximum absolute atomic E-state index is 14.0. The van der Waals surface area contributed by atoms with Crippen LogP contribution in [0.5, 0.6) is 0 Å². The van der Waals surface area contributed by atoms with Crippen molar-refractivity contribution in [2.75, 3.05) is 0 Å². The highest BCUT2D eigenvalue weighted by molar-refractivity contribution is 5.83. The van der Waals surface area contributed by atoms with Gasteiger partial charge < -0.3 is 0 Å². The van der Waals surface area contributed by atoms with Crippen molar-refractivity contribution in [2.24, 2.45) is 0 Å². The van der Waals surface area contributed by atoms with Crippen molar-refractivity contribution in [1.29, 1.82) is 0 Å². The van der Waals surface area contributed by atoms with Crippen LogP contribution in [0, 0.1) is 13.8 Å². The van der Waals surface area contributed by atoms with E-state index in [4.69, 9.17) is 0 Å². The molecule has 0 bridgehead atoms. The van der Waals surface area contributed by atoms with Gasteiger partial charge in [0.1, 0.15) is 0 Å². The highest BCUT2D eigenvalue weighted by atomic mass is 19.2. The van der Waals surface area contributed by atoms with E-state index in [0.717, 1.165) is 11.1 Å². The minimum atomic E-state index is -0.821. The predicted octanol–water partition coefficient (Wildman–Crippen LogP) is 5.07. The molecule has 0 aliphatic carbocycles. The summed E-state index contributed by atoms with van der Waals surface area (Å²) in [5, 5.41) is 0. The molecule has 0 atom stereocenters. The largest absolute Gasteiger partial charge is 0.203 e. The van der Waals surface area contributed by atoms with E-state index in [9.17, 15) is 8.78 Å². The van der Waals surface area contributed by atoms with E-state index in [2.05, 4.69) is 0 Å². The van der Waals surface area contributed by atoms with Crippen molar-refractivity contribution < 1.29 is 8.78 Å². The fourth-order valence-electron chi connectivity index (χ4n) is 1.65. The van der Waals surface area contributed by atoms with Crippen LogP contribution in [-0.4, -0.2) is 0 Å². The molecule has 0 saturated heterocycles. The van der Waals surface area contributed by atoms with Gasteiger partial charge in [0.2, 0.25) is 0 Å². The molecule has 0 fully saturated rings. The lowest BCUT2D eigenvalue weighted by molar-refractivity contribution is 0.700. The minimum absolute atomic E-state index is 0.263. The van der Waals surface area contributed by atoms with Gasteiger partial charge >= 0.3 is 0 Å². The van der Waals surface area contributed by atoms with Gasteiger partial charge in [-0.25, -0.2) is 8.78 Å². The third-order valence-electron chi connectivity index (χ3n) is 2.80. The van der Waals surface area contributed by atoms with Gasteiger partial charge in [-0.05, 0) is 13.8 Å². The number of rotatable bonds is 2. The monoisotopic (exact) mass is 244 g/mol. The number of halogens is 2. The summed E-state index contributed by atoms with van der Waals surface area (Å²) in [6.45, 7) is 3.81. The second kappa shape index (κ2) is 5.13. The van der Waals surface area contributed by atoms with Gasteiger partial charge in [0.05, 0.1) is 0 Å². The Morgan fingerprint density at radius 1 is 0.611 bits per heavy atom. The zero-order chi connectivity index (χ0) is 13.1. The predicted molar refractivity (Wildman–Crippen MR) is 71.4 cm³/mol. The van der Waals surface area contributed by atoms with Gasteiger partial charge in [-0.15, -0.1) is 0 Å². The Morgan fingerprint density at radius 2 is 0.889 bits per heavy atom. The van der Waals surface area contributed by atoms with Crippen LogP contribution in [0.1, 0.15) is 22.3 Å². The van der Waals surface area contributed by atoms with E-state index in [1.165, 1.54) is 0 Å². The van der Waals surface area contributed by atoms with Crippen LogP contribution >= 0.6 is 0 Å². The molecule has 2 rings (SSSR count). The van der Waals surface area contributed by atoms with Gasteiger partial charge in [0, 0.05) is 11.1 Å². The smallest absolute Gasteiger partial charge is 0.166 e. The molecule has 0 spiro atoms. The lowest BCUT2D eigenvalue weighted by Crippen LogP contribution is -1.85. The van der Waals surface area contributed by atoms with Gasteiger partial charge in [-0.2, -0.15) is 0 Å². The molecule has 2 aromatic carbocycles. The van der Waals surface area contributed by atoms with Crippen LogP contribution in [0.3, 0.4) is 0 Å². The molecule has 18 heavy (non-hydrogen) atoms. The molecule has 0 aliphatic heterocycles. The third kappa shape index (κ3) is 2.65. The molecule has 0 heterocycles. The van der Waals surface area contributed by atoms with Crippen LogP contribution in [0.4, 0.5) is 8.78 Å². The molecule has 0 aliphatic rings. The molecule has 0 amide bonds. The fourth-order valence-corrected chi connectivity index (χ4v) is 1.65. The van der Waals surface area contributed by atoms with Crippen LogP contribution in [0.25, 0.3) is 11.7 Å². The minimum Gasteiger partial charge on any atom is -0.203 e. The van der Waals surface area contributed by atoms with E-state index in [1.54, 1.807) is 48.5 Å². The van der Waals surface area contributed by atoms with Crippen LogP contribution < -0.4 is 0 Å². The first-order valence-electron chi connectivity index (χ1n) is 5.77. The lowest BCUT2D eigenvalue weighted by Gasteiger charge is -2.03. The molecular formula is C16H14F2. The zero-order valence-corrected chi connectivity index (χ0v) is 10.4. The van der Waals surface area contributed by atoms with Crippen LogP contribution in [0.15, 0.2) is 48.5 Å². The lowest BCUT2D eigenvalue weighted by atomic mass is 10.1. The van der Waals surface area contributed by atoms with Gasteiger partial charge in [-0.1, -0.05) is 59.7 Å². The molecule has 2 heteroatoms.